The number of hydrogen-bond acceptors (Lipinski definition) is 4. The van der Waals surface area contributed by atoms with Crippen LogP contribution in [0.2, 0.25) is 0 Å². The first-order valence-corrected chi connectivity index (χ1v) is 1.07. The van der Waals surface area contributed by atoms with Gasteiger partial charge in [0.1, 0.15) is 0 Å². The molecular weight excluding hydrogens is 276 g/mol. The standard InChI is InChI=1S/C2H2O4.Ba.V/c3-1(4)2(5)6;;/h(H,3,4)(H,5,6);;/q;+2;/p-2. The van der Waals surface area contributed by atoms with Gasteiger partial charge in [-0.15, -0.1) is 0 Å². The minimum atomic E-state index is -2.19. The van der Waals surface area contributed by atoms with Gasteiger partial charge < -0.3 is 19.8 Å². The Labute approximate surface area is 97.6 Å². The summed E-state index contributed by atoms with van der Waals surface area (Å²) in [4.78, 5) is 17.9. The van der Waals surface area contributed by atoms with E-state index in [1.807, 2.05) is 0 Å². The normalized spacial score (nSPS) is 5.50. The Balaban J connectivity index is -0.000000125. The maximum atomic E-state index is 8.93. The van der Waals surface area contributed by atoms with E-state index in [0.29, 0.717) is 0 Å². The second kappa shape index (κ2) is 8.10. The van der Waals surface area contributed by atoms with Crippen LogP contribution < -0.4 is 10.2 Å². The first-order chi connectivity index (χ1) is 2.64. The number of aliphatic carboxylic acids is 2. The Morgan fingerprint density at radius 3 is 1.12 bits per heavy atom. The Bertz CT molecular complexity index is 80.0. The van der Waals surface area contributed by atoms with Crippen LogP contribution in [0.5, 0.6) is 0 Å². The third-order valence-corrected chi connectivity index (χ3v) is 0.167. The van der Waals surface area contributed by atoms with E-state index in [2.05, 4.69) is 0 Å². The van der Waals surface area contributed by atoms with Crippen molar-refractivity contribution in [3.8, 4) is 0 Å². The average molecular weight is 276 g/mol. The van der Waals surface area contributed by atoms with E-state index in [9.17, 15) is 0 Å². The van der Waals surface area contributed by atoms with Gasteiger partial charge in [-0.1, -0.05) is 0 Å². The summed E-state index contributed by atoms with van der Waals surface area (Å²) in [5.74, 6) is -4.37. The molecule has 0 atom stereocenters. The van der Waals surface area contributed by atoms with Gasteiger partial charge in [-0.3, -0.25) is 0 Å². The molecule has 0 amide bonds. The topological polar surface area (TPSA) is 80.3 Å². The van der Waals surface area contributed by atoms with Gasteiger partial charge in [-0.2, -0.15) is 0 Å². The number of carboxylic acids is 2. The van der Waals surface area contributed by atoms with Gasteiger partial charge in [0, 0.05) is 18.6 Å². The summed E-state index contributed by atoms with van der Waals surface area (Å²) in [6.07, 6.45) is 0. The Hall–Kier alpha value is 1.10. The van der Waals surface area contributed by atoms with Gasteiger partial charge in [-0.05, 0) is 0 Å². The summed E-state index contributed by atoms with van der Waals surface area (Å²) in [6, 6.07) is 0. The van der Waals surface area contributed by atoms with E-state index < -0.39 is 11.9 Å². The van der Waals surface area contributed by atoms with Gasteiger partial charge in [0.15, 0.2) is 0 Å². The van der Waals surface area contributed by atoms with Gasteiger partial charge in [0.05, 0.1) is 11.9 Å². The third kappa shape index (κ3) is 10.2. The number of rotatable bonds is 0. The molecule has 0 aromatic rings. The number of carbonyl (C=O) groups is 2. The zero-order chi connectivity index (χ0) is 5.15. The first kappa shape index (κ1) is 16.0. The van der Waals surface area contributed by atoms with Crippen molar-refractivity contribution in [1.82, 2.24) is 0 Å². The van der Waals surface area contributed by atoms with Crippen molar-refractivity contribution >= 4 is 60.8 Å². The van der Waals surface area contributed by atoms with Gasteiger partial charge in [-0.25, -0.2) is 0 Å². The number of carboxylic acid groups (broad SMARTS) is 2. The molecule has 0 rings (SSSR count). The molecule has 0 aromatic carbocycles. The van der Waals surface area contributed by atoms with Crippen molar-refractivity contribution in [3.05, 3.63) is 0 Å². The predicted octanol–water partition coefficient (Wildman–Crippen LogP) is -3.90. The van der Waals surface area contributed by atoms with E-state index in [4.69, 9.17) is 19.8 Å². The van der Waals surface area contributed by atoms with Gasteiger partial charge in [0.2, 0.25) is 0 Å². The monoisotopic (exact) mass is 277 g/mol. The summed E-state index contributed by atoms with van der Waals surface area (Å²) in [5.41, 5.74) is 0. The second-order valence-electron chi connectivity index (χ2n) is 0.575. The fraction of sp³-hybridized carbons (Fsp3) is 0. The molecule has 1 radical (unpaired) electrons. The molecule has 0 fully saturated rings. The van der Waals surface area contributed by atoms with Crippen LogP contribution in [0.25, 0.3) is 0 Å². The first-order valence-electron chi connectivity index (χ1n) is 1.07. The minimum absolute atomic E-state index is 0. The molecular formula is C2BaO4V. The summed E-state index contributed by atoms with van der Waals surface area (Å²) in [6.45, 7) is 0. The molecule has 39 valence electrons. The van der Waals surface area contributed by atoms with Gasteiger partial charge in [0.25, 0.3) is 0 Å². The Kier molecular flexibility index (Phi) is 16.2. The van der Waals surface area contributed by atoms with Crippen LogP contribution in [0.1, 0.15) is 0 Å². The SMILES string of the molecule is O=C([O-])C(=O)[O-].[Ba+2].[V]. The van der Waals surface area contributed by atoms with E-state index in [1.165, 1.54) is 0 Å². The zero-order valence-electron chi connectivity index (χ0n) is 3.79. The van der Waals surface area contributed by atoms with Crippen LogP contribution in [0, 0.1) is 0 Å². The van der Waals surface area contributed by atoms with E-state index >= 15 is 0 Å². The fourth-order valence-electron chi connectivity index (χ4n) is 0. The van der Waals surface area contributed by atoms with Crippen molar-refractivity contribution in [1.29, 1.82) is 0 Å². The van der Waals surface area contributed by atoms with Crippen molar-refractivity contribution in [2.45, 2.75) is 0 Å². The summed E-state index contributed by atoms with van der Waals surface area (Å²) < 4.78 is 0. The van der Waals surface area contributed by atoms with Crippen LogP contribution in [-0.4, -0.2) is 60.8 Å². The van der Waals surface area contributed by atoms with Crippen LogP contribution in [-0.2, 0) is 28.1 Å². The van der Waals surface area contributed by atoms with Crippen LogP contribution >= 0.6 is 0 Å². The molecule has 0 N–H and O–H groups in total. The smallest absolute Gasteiger partial charge is 0.543 e. The van der Waals surface area contributed by atoms with Crippen molar-refractivity contribution in [3.63, 3.8) is 0 Å². The molecule has 6 heteroatoms. The van der Waals surface area contributed by atoms with Crippen molar-refractivity contribution < 1.29 is 38.4 Å². The number of hydrogen-bond donors (Lipinski definition) is 0. The molecule has 0 unspecified atom stereocenters. The molecule has 0 heterocycles. The van der Waals surface area contributed by atoms with Crippen LogP contribution in [0.4, 0.5) is 0 Å². The second-order valence-corrected chi connectivity index (χ2v) is 0.575. The fourth-order valence-corrected chi connectivity index (χ4v) is 0. The van der Waals surface area contributed by atoms with Crippen molar-refractivity contribution in [2.24, 2.45) is 0 Å². The third-order valence-electron chi connectivity index (χ3n) is 0.167. The van der Waals surface area contributed by atoms with Crippen molar-refractivity contribution in [2.75, 3.05) is 0 Å². The van der Waals surface area contributed by atoms with E-state index in [0.717, 1.165) is 0 Å². The largest absolute Gasteiger partial charge is 2.00 e. The molecule has 0 aliphatic heterocycles. The molecule has 8 heavy (non-hydrogen) atoms. The average Bonchev–Trinajstić information content (AvgIpc) is 1.36. The van der Waals surface area contributed by atoms with Gasteiger partial charge >= 0.3 is 48.9 Å². The summed E-state index contributed by atoms with van der Waals surface area (Å²) in [5, 5.41) is 17.9. The summed E-state index contributed by atoms with van der Waals surface area (Å²) in [7, 11) is 0. The molecule has 4 nitrogen and oxygen atoms in total. The van der Waals surface area contributed by atoms with E-state index in [-0.39, 0.29) is 67.4 Å². The molecule has 0 bridgehead atoms. The molecule has 0 saturated heterocycles. The molecule has 0 aliphatic rings. The Morgan fingerprint density at radius 2 is 1.12 bits per heavy atom. The Morgan fingerprint density at radius 1 is 1.00 bits per heavy atom. The van der Waals surface area contributed by atoms with E-state index in [1.54, 1.807) is 0 Å². The minimum Gasteiger partial charge on any atom is -0.543 e. The number of carbonyl (C=O) groups excluding carboxylic acids is 2. The quantitative estimate of drug-likeness (QED) is 0.335. The van der Waals surface area contributed by atoms with Crippen LogP contribution in [0.15, 0.2) is 0 Å². The molecule has 0 spiro atoms. The zero-order valence-corrected chi connectivity index (χ0v) is 9.62. The maximum absolute atomic E-state index is 8.93. The van der Waals surface area contributed by atoms with Crippen LogP contribution in [0.3, 0.4) is 0 Å². The maximum Gasteiger partial charge on any atom is 2.00 e. The molecule has 0 aliphatic carbocycles. The molecule has 0 aromatic heterocycles. The predicted molar refractivity (Wildman–Crippen MR) is 15.8 cm³/mol. The summed E-state index contributed by atoms with van der Waals surface area (Å²) >= 11 is 0. The molecule has 0 saturated carbocycles.